The maximum atomic E-state index is 12.9. The summed E-state index contributed by atoms with van der Waals surface area (Å²) in [5.41, 5.74) is 1.48. The number of carboxylic acids is 1. The molecule has 0 radical (unpaired) electrons. The number of ether oxygens (including phenoxy) is 1. The number of hydrogen-bond donors (Lipinski definition) is 3. The molecule has 158 valence electrons. The predicted molar refractivity (Wildman–Crippen MR) is 114 cm³/mol. The molecule has 0 aliphatic heterocycles. The van der Waals surface area contributed by atoms with Crippen LogP contribution in [0.15, 0.2) is 59.1 Å². The number of nitriles is 1. The molecular formula is C23H15N3O6. The monoisotopic (exact) mass is 429 g/mol. The van der Waals surface area contributed by atoms with E-state index in [1.165, 1.54) is 37.4 Å². The number of aromatic hydroxyl groups is 1. The molecule has 4 rings (SSSR count). The van der Waals surface area contributed by atoms with Crippen LogP contribution < -0.4 is 10.1 Å². The number of methoxy groups -OCH3 is 1. The number of carboxylic acid groups (broad SMARTS) is 1. The molecule has 0 aliphatic carbocycles. The average molecular weight is 429 g/mol. The van der Waals surface area contributed by atoms with Crippen molar-refractivity contribution in [1.82, 2.24) is 5.16 Å². The first-order valence-electron chi connectivity index (χ1n) is 9.27. The Kier molecular flexibility index (Phi) is 5.18. The minimum atomic E-state index is -1.29. The lowest BCUT2D eigenvalue weighted by Gasteiger charge is -2.10. The summed E-state index contributed by atoms with van der Waals surface area (Å²) in [6, 6.07) is 15.4. The molecule has 0 unspecified atom stereocenters. The van der Waals surface area contributed by atoms with Gasteiger partial charge in [-0.3, -0.25) is 4.79 Å². The zero-order valence-corrected chi connectivity index (χ0v) is 16.6. The fraction of sp³-hybridized carbons (Fsp3) is 0.0435. The summed E-state index contributed by atoms with van der Waals surface area (Å²) < 4.78 is 10.6. The predicted octanol–water partition coefficient (Wildman–Crippen LogP) is 4.03. The molecule has 1 heterocycles. The minimum absolute atomic E-state index is 0.0171. The maximum absolute atomic E-state index is 12.9. The molecule has 0 saturated heterocycles. The lowest BCUT2D eigenvalue weighted by Crippen LogP contribution is -2.15. The van der Waals surface area contributed by atoms with Gasteiger partial charge in [-0.2, -0.15) is 5.26 Å². The van der Waals surface area contributed by atoms with Crippen LogP contribution in [0.3, 0.4) is 0 Å². The number of carbonyl (C=O) groups excluding carboxylic acids is 1. The number of phenolic OH excluding ortho intramolecular Hbond substituents is 1. The summed E-state index contributed by atoms with van der Waals surface area (Å²) in [7, 11) is 1.50. The standard InChI is InChI=1S/C23H15N3O6/c1-31-19-7-4-14(27)10-15(19)13-3-6-20-17(9-13)21(26-32-20)22(28)25-18-5-2-12(11-24)8-16(18)23(29)30/h2-10,27H,1H3,(H,25,28)(H,29,30). The third-order valence-corrected chi connectivity index (χ3v) is 4.81. The van der Waals surface area contributed by atoms with Crippen LogP contribution in [0.25, 0.3) is 22.1 Å². The van der Waals surface area contributed by atoms with Crippen molar-refractivity contribution in [3.63, 3.8) is 0 Å². The number of amides is 1. The van der Waals surface area contributed by atoms with E-state index in [9.17, 15) is 19.8 Å². The highest BCUT2D eigenvalue weighted by Gasteiger charge is 2.20. The minimum Gasteiger partial charge on any atom is -0.508 e. The van der Waals surface area contributed by atoms with Crippen molar-refractivity contribution in [2.45, 2.75) is 0 Å². The molecule has 0 spiro atoms. The Labute approximate surface area is 181 Å². The lowest BCUT2D eigenvalue weighted by atomic mass is 10.0. The highest BCUT2D eigenvalue weighted by molar-refractivity contribution is 6.13. The molecule has 0 atom stereocenters. The Balaban J connectivity index is 1.74. The molecule has 0 bridgehead atoms. The van der Waals surface area contributed by atoms with E-state index < -0.39 is 11.9 Å². The number of nitrogens with zero attached hydrogens (tertiary/aromatic N) is 2. The molecule has 9 nitrogen and oxygen atoms in total. The van der Waals surface area contributed by atoms with E-state index >= 15 is 0 Å². The van der Waals surface area contributed by atoms with E-state index in [1.807, 2.05) is 6.07 Å². The van der Waals surface area contributed by atoms with E-state index in [0.29, 0.717) is 27.8 Å². The van der Waals surface area contributed by atoms with Gasteiger partial charge in [0.25, 0.3) is 5.91 Å². The van der Waals surface area contributed by atoms with Crippen LogP contribution in [0, 0.1) is 11.3 Å². The van der Waals surface area contributed by atoms with Gasteiger partial charge in [0.05, 0.1) is 35.4 Å². The van der Waals surface area contributed by atoms with Crippen LogP contribution in [0.4, 0.5) is 5.69 Å². The third-order valence-electron chi connectivity index (χ3n) is 4.81. The highest BCUT2D eigenvalue weighted by Crippen LogP contribution is 2.35. The number of benzene rings is 3. The van der Waals surface area contributed by atoms with Crippen LogP contribution in [0.2, 0.25) is 0 Å². The number of nitrogens with one attached hydrogen (secondary N) is 1. The van der Waals surface area contributed by atoms with Crippen molar-refractivity contribution >= 4 is 28.5 Å². The largest absolute Gasteiger partial charge is 0.508 e. The molecule has 0 fully saturated rings. The molecule has 4 aromatic rings. The molecule has 1 amide bonds. The SMILES string of the molecule is COc1ccc(O)cc1-c1ccc2onc(C(=O)Nc3ccc(C#N)cc3C(=O)O)c2c1. The molecule has 0 aliphatic rings. The van der Waals surface area contributed by atoms with Crippen LogP contribution in [-0.2, 0) is 0 Å². The summed E-state index contributed by atoms with van der Waals surface area (Å²) in [6.07, 6.45) is 0. The van der Waals surface area contributed by atoms with Gasteiger partial charge in [-0.05, 0) is 54.1 Å². The Morgan fingerprint density at radius 1 is 1.12 bits per heavy atom. The second-order valence-electron chi connectivity index (χ2n) is 6.76. The summed E-state index contributed by atoms with van der Waals surface area (Å²) in [4.78, 5) is 24.4. The summed E-state index contributed by atoms with van der Waals surface area (Å²) in [5.74, 6) is -1.41. The van der Waals surface area contributed by atoms with Gasteiger partial charge in [0.2, 0.25) is 0 Å². The quantitative estimate of drug-likeness (QED) is 0.431. The van der Waals surface area contributed by atoms with Crippen LogP contribution in [-0.4, -0.2) is 34.4 Å². The molecule has 9 heteroatoms. The number of aromatic carboxylic acids is 1. The van der Waals surface area contributed by atoms with Gasteiger partial charge in [0.15, 0.2) is 11.3 Å². The fourth-order valence-electron chi connectivity index (χ4n) is 3.27. The average Bonchev–Trinajstić information content (AvgIpc) is 3.22. The zero-order chi connectivity index (χ0) is 22.8. The third kappa shape index (κ3) is 3.68. The smallest absolute Gasteiger partial charge is 0.337 e. The molecular weight excluding hydrogens is 414 g/mol. The van der Waals surface area contributed by atoms with Crippen molar-refractivity contribution in [3.8, 4) is 28.7 Å². The topological polar surface area (TPSA) is 146 Å². The number of anilines is 1. The normalized spacial score (nSPS) is 10.5. The number of hydrogen-bond acceptors (Lipinski definition) is 7. The molecule has 32 heavy (non-hydrogen) atoms. The number of rotatable bonds is 5. The summed E-state index contributed by atoms with van der Waals surface area (Å²) in [5, 5.41) is 35.0. The fourth-order valence-corrected chi connectivity index (χ4v) is 3.27. The van der Waals surface area contributed by atoms with Crippen LogP contribution >= 0.6 is 0 Å². The first-order valence-corrected chi connectivity index (χ1v) is 9.27. The van der Waals surface area contributed by atoms with Gasteiger partial charge in [-0.25, -0.2) is 4.79 Å². The van der Waals surface area contributed by atoms with E-state index in [-0.39, 0.29) is 28.3 Å². The van der Waals surface area contributed by atoms with Gasteiger partial charge in [0, 0.05) is 5.56 Å². The van der Waals surface area contributed by atoms with Gasteiger partial charge in [-0.15, -0.1) is 0 Å². The van der Waals surface area contributed by atoms with Crippen molar-refractivity contribution in [3.05, 3.63) is 71.4 Å². The number of carbonyl (C=O) groups is 2. The first kappa shape index (κ1) is 20.4. The van der Waals surface area contributed by atoms with E-state index in [2.05, 4.69) is 10.5 Å². The van der Waals surface area contributed by atoms with Gasteiger partial charge < -0.3 is 24.8 Å². The van der Waals surface area contributed by atoms with Gasteiger partial charge in [-0.1, -0.05) is 11.2 Å². The molecule has 3 N–H and O–H groups in total. The number of fused-ring (bicyclic) bond motifs is 1. The van der Waals surface area contributed by atoms with Crippen molar-refractivity contribution in [2.75, 3.05) is 12.4 Å². The lowest BCUT2D eigenvalue weighted by molar-refractivity contribution is 0.0698. The van der Waals surface area contributed by atoms with Gasteiger partial charge in [0.1, 0.15) is 11.5 Å². The van der Waals surface area contributed by atoms with Gasteiger partial charge >= 0.3 is 5.97 Å². The Hall–Kier alpha value is -4.84. The number of phenols is 1. The number of aromatic nitrogens is 1. The van der Waals surface area contributed by atoms with E-state index in [0.717, 1.165) is 0 Å². The summed E-state index contributed by atoms with van der Waals surface area (Å²) in [6.45, 7) is 0. The Morgan fingerprint density at radius 3 is 2.66 bits per heavy atom. The molecule has 0 saturated carbocycles. The Bertz CT molecular complexity index is 1420. The van der Waals surface area contributed by atoms with Crippen molar-refractivity contribution in [2.24, 2.45) is 0 Å². The first-order chi connectivity index (χ1) is 15.4. The second-order valence-corrected chi connectivity index (χ2v) is 6.76. The summed E-state index contributed by atoms with van der Waals surface area (Å²) >= 11 is 0. The Morgan fingerprint density at radius 2 is 1.94 bits per heavy atom. The van der Waals surface area contributed by atoms with Crippen LogP contribution in [0.1, 0.15) is 26.4 Å². The maximum Gasteiger partial charge on any atom is 0.337 e. The van der Waals surface area contributed by atoms with Crippen LogP contribution in [0.5, 0.6) is 11.5 Å². The van der Waals surface area contributed by atoms with Crippen molar-refractivity contribution in [1.29, 1.82) is 5.26 Å². The zero-order valence-electron chi connectivity index (χ0n) is 16.6. The van der Waals surface area contributed by atoms with E-state index in [4.69, 9.17) is 14.5 Å². The van der Waals surface area contributed by atoms with E-state index in [1.54, 1.807) is 24.3 Å². The molecule has 1 aromatic heterocycles. The van der Waals surface area contributed by atoms with Crippen molar-refractivity contribution < 1.29 is 29.1 Å². The highest BCUT2D eigenvalue weighted by atomic mass is 16.5. The second kappa shape index (κ2) is 8.12. The molecule has 3 aromatic carbocycles.